The molecule has 0 spiro atoms. The quantitative estimate of drug-likeness (QED) is 0.699. The Balaban J connectivity index is 2.54. The molecule has 0 aliphatic heterocycles. The SMILES string of the molecule is CC(C)NCc1nc(C(=O)O)no1. The van der Waals surface area contributed by atoms with Crippen molar-refractivity contribution in [3.8, 4) is 0 Å². The van der Waals surface area contributed by atoms with Gasteiger partial charge in [0.25, 0.3) is 5.82 Å². The van der Waals surface area contributed by atoms with Gasteiger partial charge in [0.15, 0.2) is 0 Å². The van der Waals surface area contributed by atoms with Gasteiger partial charge in [-0.05, 0) is 5.16 Å². The summed E-state index contributed by atoms with van der Waals surface area (Å²) in [6.45, 7) is 4.32. The number of carbonyl (C=O) groups is 1. The minimum atomic E-state index is -1.18. The third-order valence-electron chi connectivity index (χ3n) is 1.32. The molecule has 0 aliphatic carbocycles. The average Bonchev–Trinajstić information content (AvgIpc) is 2.48. The van der Waals surface area contributed by atoms with Crippen LogP contribution in [0.3, 0.4) is 0 Å². The van der Waals surface area contributed by atoms with Gasteiger partial charge in [0.05, 0.1) is 6.54 Å². The van der Waals surface area contributed by atoms with Gasteiger partial charge in [0, 0.05) is 6.04 Å². The van der Waals surface area contributed by atoms with Crippen molar-refractivity contribution in [3.05, 3.63) is 11.7 Å². The molecule has 0 aromatic carbocycles. The van der Waals surface area contributed by atoms with Crippen molar-refractivity contribution in [2.45, 2.75) is 26.4 Å². The van der Waals surface area contributed by atoms with Gasteiger partial charge in [-0.25, -0.2) is 4.79 Å². The molecule has 0 atom stereocenters. The lowest BCUT2D eigenvalue weighted by Gasteiger charge is -2.02. The predicted octanol–water partition coefficient (Wildman–Crippen LogP) is 0.266. The lowest BCUT2D eigenvalue weighted by Crippen LogP contribution is -2.22. The molecule has 1 heterocycles. The minimum absolute atomic E-state index is 0.283. The van der Waals surface area contributed by atoms with Gasteiger partial charge in [-0.3, -0.25) is 0 Å². The van der Waals surface area contributed by atoms with E-state index in [1.807, 2.05) is 13.8 Å². The van der Waals surface area contributed by atoms with Crippen molar-refractivity contribution < 1.29 is 14.4 Å². The zero-order valence-electron chi connectivity index (χ0n) is 7.44. The molecule has 0 bridgehead atoms. The van der Waals surface area contributed by atoms with Crippen LogP contribution in [0, 0.1) is 0 Å². The van der Waals surface area contributed by atoms with E-state index >= 15 is 0 Å². The normalized spacial score (nSPS) is 10.7. The molecule has 1 rings (SSSR count). The van der Waals surface area contributed by atoms with Crippen molar-refractivity contribution in [2.24, 2.45) is 0 Å². The van der Waals surface area contributed by atoms with Crippen molar-refractivity contribution >= 4 is 5.97 Å². The Hall–Kier alpha value is -1.43. The summed E-state index contributed by atoms with van der Waals surface area (Å²) in [6.07, 6.45) is 0. The highest BCUT2D eigenvalue weighted by Crippen LogP contribution is 1.96. The number of carboxylic acids is 1. The van der Waals surface area contributed by atoms with Crippen molar-refractivity contribution in [1.82, 2.24) is 15.5 Å². The molecule has 6 nitrogen and oxygen atoms in total. The summed E-state index contributed by atoms with van der Waals surface area (Å²) in [5.74, 6) is -1.20. The predicted molar refractivity (Wildman–Crippen MR) is 43.2 cm³/mol. The molecule has 2 N–H and O–H groups in total. The van der Waals surface area contributed by atoms with Crippen LogP contribution in [0.15, 0.2) is 4.52 Å². The molecule has 0 unspecified atom stereocenters. The number of nitrogens with zero attached hydrogens (tertiary/aromatic N) is 2. The summed E-state index contributed by atoms with van der Waals surface area (Å²) in [4.78, 5) is 14.0. The number of aromatic carboxylic acids is 1. The molecule has 1 aromatic rings. The number of nitrogens with one attached hydrogen (secondary N) is 1. The molecule has 0 aliphatic rings. The number of rotatable bonds is 4. The third-order valence-corrected chi connectivity index (χ3v) is 1.32. The van der Waals surface area contributed by atoms with Gasteiger partial charge in [0.2, 0.25) is 5.89 Å². The fourth-order valence-corrected chi connectivity index (χ4v) is 0.705. The van der Waals surface area contributed by atoms with Crippen LogP contribution in [0.4, 0.5) is 0 Å². The zero-order valence-corrected chi connectivity index (χ0v) is 7.44. The van der Waals surface area contributed by atoms with E-state index in [9.17, 15) is 4.79 Å². The van der Waals surface area contributed by atoms with Crippen LogP contribution >= 0.6 is 0 Å². The highest BCUT2D eigenvalue weighted by molar-refractivity contribution is 5.82. The van der Waals surface area contributed by atoms with Gasteiger partial charge in [-0.2, -0.15) is 4.98 Å². The molecule has 72 valence electrons. The van der Waals surface area contributed by atoms with E-state index in [-0.39, 0.29) is 11.7 Å². The Labute approximate surface area is 74.9 Å². The maximum Gasteiger partial charge on any atom is 0.377 e. The van der Waals surface area contributed by atoms with Crippen LogP contribution in [0.5, 0.6) is 0 Å². The standard InChI is InChI=1S/C7H11N3O3/c1-4(2)8-3-5-9-6(7(11)12)10-13-5/h4,8H,3H2,1-2H3,(H,11,12). The van der Waals surface area contributed by atoms with Crippen LogP contribution in [0.25, 0.3) is 0 Å². The molecular formula is C7H11N3O3. The molecule has 0 saturated carbocycles. The first kappa shape index (κ1) is 9.66. The molecule has 0 fully saturated rings. The lowest BCUT2D eigenvalue weighted by molar-refractivity contribution is 0.0680. The summed E-state index contributed by atoms with van der Waals surface area (Å²) in [5.41, 5.74) is 0. The Morgan fingerprint density at radius 3 is 2.85 bits per heavy atom. The Morgan fingerprint density at radius 1 is 1.69 bits per heavy atom. The molecule has 13 heavy (non-hydrogen) atoms. The minimum Gasteiger partial charge on any atom is -0.475 e. The van der Waals surface area contributed by atoms with Gasteiger partial charge in [-0.15, -0.1) is 0 Å². The largest absolute Gasteiger partial charge is 0.475 e. The fraction of sp³-hybridized carbons (Fsp3) is 0.571. The molecule has 1 aromatic heterocycles. The number of carboxylic acid groups (broad SMARTS) is 1. The first-order valence-corrected chi connectivity index (χ1v) is 3.89. The van der Waals surface area contributed by atoms with Gasteiger partial charge >= 0.3 is 5.97 Å². The van der Waals surface area contributed by atoms with E-state index in [0.717, 1.165) is 0 Å². The molecule has 6 heteroatoms. The topological polar surface area (TPSA) is 88.2 Å². The van der Waals surface area contributed by atoms with E-state index in [1.54, 1.807) is 0 Å². The maximum absolute atomic E-state index is 10.3. The Morgan fingerprint density at radius 2 is 2.38 bits per heavy atom. The van der Waals surface area contributed by atoms with Crippen LogP contribution in [-0.2, 0) is 6.54 Å². The van der Waals surface area contributed by atoms with Crippen LogP contribution in [0.1, 0.15) is 30.4 Å². The monoisotopic (exact) mass is 185 g/mol. The van der Waals surface area contributed by atoms with Crippen LogP contribution in [-0.4, -0.2) is 27.3 Å². The zero-order chi connectivity index (χ0) is 9.84. The van der Waals surface area contributed by atoms with E-state index in [2.05, 4.69) is 20.0 Å². The summed E-state index contributed by atoms with van der Waals surface area (Å²) < 4.78 is 4.67. The first-order chi connectivity index (χ1) is 6.09. The van der Waals surface area contributed by atoms with Crippen LogP contribution < -0.4 is 5.32 Å². The Kier molecular flexibility index (Phi) is 2.97. The highest BCUT2D eigenvalue weighted by atomic mass is 16.5. The molecular weight excluding hydrogens is 174 g/mol. The molecule has 0 radical (unpaired) electrons. The number of hydrogen-bond donors (Lipinski definition) is 2. The molecule has 0 saturated heterocycles. The highest BCUT2D eigenvalue weighted by Gasteiger charge is 2.12. The summed E-state index contributed by atoms with van der Waals surface area (Å²) in [5, 5.41) is 14.8. The summed E-state index contributed by atoms with van der Waals surface area (Å²) in [7, 11) is 0. The smallest absolute Gasteiger partial charge is 0.377 e. The van der Waals surface area contributed by atoms with E-state index in [4.69, 9.17) is 5.11 Å². The van der Waals surface area contributed by atoms with E-state index < -0.39 is 5.97 Å². The van der Waals surface area contributed by atoms with Gasteiger partial charge in [0.1, 0.15) is 0 Å². The second-order valence-corrected chi connectivity index (χ2v) is 2.85. The number of hydrogen-bond acceptors (Lipinski definition) is 5. The van der Waals surface area contributed by atoms with Gasteiger partial charge < -0.3 is 14.9 Å². The maximum atomic E-state index is 10.3. The van der Waals surface area contributed by atoms with Crippen molar-refractivity contribution in [3.63, 3.8) is 0 Å². The second-order valence-electron chi connectivity index (χ2n) is 2.85. The van der Waals surface area contributed by atoms with E-state index in [0.29, 0.717) is 12.6 Å². The summed E-state index contributed by atoms with van der Waals surface area (Å²) in [6, 6.07) is 0.292. The average molecular weight is 185 g/mol. The van der Waals surface area contributed by atoms with E-state index in [1.165, 1.54) is 0 Å². The Bertz CT molecular complexity index is 295. The van der Waals surface area contributed by atoms with Crippen molar-refractivity contribution in [1.29, 1.82) is 0 Å². The molecule has 0 amide bonds. The number of aromatic nitrogens is 2. The summed E-state index contributed by atoms with van der Waals surface area (Å²) >= 11 is 0. The third kappa shape index (κ3) is 2.83. The van der Waals surface area contributed by atoms with Gasteiger partial charge in [-0.1, -0.05) is 13.8 Å². The second kappa shape index (κ2) is 3.99. The first-order valence-electron chi connectivity index (χ1n) is 3.89. The van der Waals surface area contributed by atoms with Crippen molar-refractivity contribution in [2.75, 3.05) is 0 Å². The lowest BCUT2D eigenvalue weighted by atomic mass is 10.4. The fourth-order valence-electron chi connectivity index (χ4n) is 0.705. The van der Waals surface area contributed by atoms with Crippen LogP contribution in [0.2, 0.25) is 0 Å².